The monoisotopic (exact) mass is 1110 g/mol. The molecule has 0 aliphatic carbocycles. The van der Waals surface area contributed by atoms with Gasteiger partial charge < -0.3 is 20.0 Å². The minimum atomic E-state index is -0.613. The molecule has 4 aromatic rings. The second-order valence-electron chi connectivity index (χ2n) is 22.1. The number of nitriles is 1. The predicted molar refractivity (Wildman–Crippen MR) is 325 cm³/mol. The molecule has 2 N–H and O–H groups in total. The minimum absolute atomic E-state index is 0.0120. The van der Waals surface area contributed by atoms with Gasteiger partial charge in [-0.2, -0.15) is 15.5 Å². The van der Waals surface area contributed by atoms with Crippen molar-refractivity contribution in [2.45, 2.75) is 204 Å². The molecule has 4 atom stereocenters. The maximum absolute atomic E-state index is 14.1. The zero-order valence-corrected chi connectivity index (χ0v) is 50.6. The largest absolute Gasteiger partial charge is 0.503 e. The first-order valence-corrected chi connectivity index (χ1v) is 30.4. The number of hydrogen-bond donors (Lipinski definition) is 2. The zero-order chi connectivity index (χ0) is 59.4. The molecule has 4 unspecified atom stereocenters. The van der Waals surface area contributed by atoms with E-state index in [2.05, 4.69) is 80.7 Å². The van der Waals surface area contributed by atoms with E-state index in [9.17, 15) is 34.7 Å². The summed E-state index contributed by atoms with van der Waals surface area (Å²) in [4.78, 5) is 63.5. The summed E-state index contributed by atoms with van der Waals surface area (Å²) < 4.78 is 2.24. The van der Waals surface area contributed by atoms with E-state index < -0.39 is 22.9 Å². The zero-order valence-electron chi connectivity index (χ0n) is 50.6. The normalized spacial score (nSPS) is 13.0. The molecule has 4 rings (SSSR count). The summed E-state index contributed by atoms with van der Waals surface area (Å²) in [6.07, 6.45) is 18.1. The molecule has 0 spiro atoms. The highest BCUT2D eigenvalue weighted by atomic mass is 16.3. The van der Waals surface area contributed by atoms with Crippen molar-refractivity contribution in [3.05, 3.63) is 108 Å². The first-order valence-electron chi connectivity index (χ1n) is 30.4. The summed E-state index contributed by atoms with van der Waals surface area (Å²) in [6, 6.07) is 15.7. The Hall–Kier alpha value is -6.94. The topological polar surface area (TPSA) is 203 Å². The fourth-order valence-corrected chi connectivity index (χ4v) is 10.6. The number of unbranched alkanes of at least 4 members (excludes halogenated alkanes) is 6. The first kappa shape index (κ1) is 66.6. The average molecular weight is 1110 g/mol. The number of amides is 2. The molecule has 0 saturated carbocycles. The lowest BCUT2D eigenvalue weighted by Crippen LogP contribution is -2.39. The van der Waals surface area contributed by atoms with E-state index in [0.717, 1.165) is 119 Å². The van der Waals surface area contributed by atoms with Gasteiger partial charge in [-0.25, -0.2) is 4.85 Å². The Kier molecular flexibility index (Phi) is 28.8. The fraction of sp³-hybridized carbons (Fsp3) is 0.600. The molecule has 2 amide bonds. The van der Waals surface area contributed by atoms with Crippen molar-refractivity contribution < 1.29 is 19.8 Å². The van der Waals surface area contributed by atoms with Crippen LogP contribution in [0.3, 0.4) is 0 Å². The highest BCUT2D eigenvalue weighted by Gasteiger charge is 2.26. The molecule has 0 radical (unpaired) electrons. The van der Waals surface area contributed by atoms with Crippen molar-refractivity contribution in [3.63, 3.8) is 0 Å². The molecule has 0 bridgehead atoms. The minimum Gasteiger partial charge on any atom is -0.503 e. The van der Waals surface area contributed by atoms with Crippen LogP contribution in [0, 0.1) is 55.4 Å². The number of benzene rings is 2. The maximum atomic E-state index is 14.1. The van der Waals surface area contributed by atoms with E-state index in [4.69, 9.17) is 6.57 Å². The van der Waals surface area contributed by atoms with Crippen LogP contribution in [-0.4, -0.2) is 67.1 Å². The molecule has 440 valence electrons. The third kappa shape index (κ3) is 19.1. The number of azo groups is 2. The van der Waals surface area contributed by atoms with Gasteiger partial charge in [0.15, 0.2) is 11.6 Å². The molecular formula is C65H94N10O6. The van der Waals surface area contributed by atoms with Crippen LogP contribution in [0.25, 0.3) is 4.85 Å². The van der Waals surface area contributed by atoms with Gasteiger partial charge in [0.1, 0.15) is 17.3 Å². The van der Waals surface area contributed by atoms with E-state index in [-0.39, 0.29) is 58.7 Å². The van der Waals surface area contributed by atoms with Crippen molar-refractivity contribution in [2.75, 3.05) is 26.2 Å². The molecule has 2 heterocycles. The van der Waals surface area contributed by atoms with Crippen LogP contribution in [0.2, 0.25) is 0 Å². The Balaban J connectivity index is 1.46. The van der Waals surface area contributed by atoms with Crippen molar-refractivity contribution in [2.24, 2.45) is 44.1 Å². The fourth-order valence-electron chi connectivity index (χ4n) is 10.6. The summed E-state index contributed by atoms with van der Waals surface area (Å²) in [6.45, 7) is 31.4. The second kappa shape index (κ2) is 35.0. The maximum Gasteiger partial charge on any atom is 0.281 e. The van der Waals surface area contributed by atoms with Gasteiger partial charge in [-0.15, -0.1) is 10.2 Å². The summed E-state index contributed by atoms with van der Waals surface area (Å²) in [5, 5.41) is 49.5. The molecule has 2 aromatic heterocycles. The molecule has 16 nitrogen and oxygen atoms in total. The Labute approximate surface area is 483 Å². The number of hydrogen-bond acceptors (Lipinski definition) is 11. The van der Waals surface area contributed by atoms with Gasteiger partial charge >= 0.3 is 0 Å². The highest BCUT2D eigenvalue weighted by molar-refractivity contribution is 5.95. The van der Waals surface area contributed by atoms with E-state index in [1.165, 1.54) is 0 Å². The molecule has 0 fully saturated rings. The van der Waals surface area contributed by atoms with E-state index in [1.54, 1.807) is 62.4 Å². The van der Waals surface area contributed by atoms with E-state index >= 15 is 0 Å². The summed E-state index contributed by atoms with van der Waals surface area (Å²) in [7, 11) is 0. The molecular weight excluding hydrogens is 1020 g/mol. The van der Waals surface area contributed by atoms with E-state index in [0.29, 0.717) is 84.9 Å². The van der Waals surface area contributed by atoms with Gasteiger partial charge in [-0.3, -0.25) is 28.3 Å². The number of nitrogens with zero attached hydrogens (tertiary/aromatic N) is 10. The van der Waals surface area contributed by atoms with Gasteiger partial charge in [0.2, 0.25) is 11.6 Å². The SMILES string of the molecule is [C-]#[N+]c1c(C)c(N=Nc2ccc(C(=O)N(CC(CC)CCCC)CC(CC)CCCC)cc2)c(=O)n(CCCCCCn2c(O)c(C#N)c(C)c(N=Nc3ccc(C(=O)N(CC(CC)CCC)CC(CC)CCCC)cc3)c2=O)c1O. The number of pyridine rings is 2. The van der Waals surface area contributed by atoms with Crippen LogP contribution in [0.5, 0.6) is 11.8 Å². The summed E-state index contributed by atoms with van der Waals surface area (Å²) in [5.41, 5.74) is 0.749. The third-order valence-electron chi connectivity index (χ3n) is 16.2. The van der Waals surface area contributed by atoms with Crippen molar-refractivity contribution in [3.8, 4) is 17.8 Å². The number of rotatable bonds is 36. The third-order valence-corrected chi connectivity index (χ3v) is 16.2. The Morgan fingerprint density at radius 1 is 0.543 bits per heavy atom. The molecule has 0 aliphatic rings. The molecule has 0 aliphatic heterocycles. The molecule has 0 saturated heterocycles. The van der Waals surface area contributed by atoms with Crippen LogP contribution < -0.4 is 11.1 Å². The second-order valence-corrected chi connectivity index (χ2v) is 22.1. The van der Waals surface area contributed by atoms with Crippen LogP contribution in [0.4, 0.5) is 28.4 Å². The number of aromatic hydroxyl groups is 2. The number of carbonyl (C=O) groups excluding carboxylic acids is 2. The summed E-state index contributed by atoms with van der Waals surface area (Å²) >= 11 is 0. The van der Waals surface area contributed by atoms with Gasteiger partial charge in [0.25, 0.3) is 22.9 Å². The Morgan fingerprint density at radius 3 is 1.26 bits per heavy atom. The first-order chi connectivity index (χ1) is 39.1. The standard InChI is InChI=1S/C65H94N10O6/c1-12-20-28-49(17-6)43-72(42-48(16-5)27-15-4)60(76)52-31-35-54(36-32-52)68-70-58-46(9)56(41-66)62(78)74(64(58)80)39-25-23-24-26-40-75-63(79)57(67-11)47(10)59(65(75)81)71-69-55-37-33-53(34-38-55)61(77)73(44-50(18-7)29-21-13-2)45-51(19-8)30-22-14-3/h31-38,48-51,78-79H,12-30,39-40,42-45H2,1-10H3. The van der Waals surface area contributed by atoms with Crippen LogP contribution in [-0.2, 0) is 13.1 Å². The smallest absolute Gasteiger partial charge is 0.281 e. The van der Waals surface area contributed by atoms with Crippen LogP contribution in [0.1, 0.15) is 215 Å². The van der Waals surface area contributed by atoms with E-state index in [1.807, 2.05) is 15.9 Å². The van der Waals surface area contributed by atoms with Gasteiger partial charge in [0.05, 0.1) is 17.9 Å². The van der Waals surface area contributed by atoms with Gasteiger partial charge in [-0.1, -0.05) is 139 Å². The van der Waals surface area contributed by atoms with Crippen molar-refractivity contribution in [1.82, 2.24) is 18.9 Å². The highest BCUT2D eigenvalue weighted by Crippen LogP contribution is 2.35. The molecule has 16 heteroatoms. The Morgan fingerprint density at radius 2 is 0.914 bits per heavy atom. The van der Waals surface area contributed by atoms with Crippen molar-refractivity contribution in [1.29, 1.82) is 5.26 Å². The average Bonchev–Trinajstić information content (AvgIpc) is 3.47. The lowest BCUT2D eigenvalue weighted by atomic mass is 9.95. The molecule has 2 aromatic carbocycles. The Bertz CT molecular complexity index is 2880. The number of aromatic nitrogens is 2. The predicted octanol–water partition coefficient (Wildman–Crippen LogP) is 16.9. The van der Waals surface area contributed by atoms with Crippen LogP contribution >= 0.6 is 0 Å². The molecule has 81 heavy (non-hydrogen) atoms. The quantitative estimate of drug-likeness (QED) is 0.0256. The van der Waals surface area contributed by atoms with Gasteiger partial charge in [-0.05, 0) is 130 Å². The summed E-state index contributed by atoms with van der Waals surface area (Å²) in [5.74, 6) is 0.749. The van der Waals surface area contributed by atoms with Gasteiger partial charge in [0, 0.05) is 56.0 Å². The van der Waals surface area contributed by atoms with Crippen molar-refractivity contribution >= 4 is 40.3 Å². The van der Waals surface area contributed by atoms with Crippen LogP contribution in [0.15, 0.2) is 78.6 Å². The number of carbonyl (C=O) groups is 2. The lowest BCUT2D eigenvalue weighted by Gasteiger charge is -2.31. The lowest BCUT2D eigenvalue weighted by molar-refractivity contribution is 0.0678.